The Bertz CT molecular complexity index is 2800. The maximum atomic E-state index is 14.4. The summed E-state index contributed by atoms with van der Waals surface area (Å²) >= 11 is 11.9. The molecular weight excluding hydrogens is 898 g/mol. The number of sulfonamides is 2. The summed E-state index contributed by atoms with van der Waals surface area (Å²) in [5.41, 5.74) is 1.11. The van der Waals surface area contributed by atoms with Gasteiger partial charge in [0.2, 0.25) is 0 Å². The number of nitrogens with zero attached hydrogens (tertiary/aromatic N) is 6. The Morgan fingerprint density at radius 2 is 1.11 bits per heavy atom. The molecule has 63 heavy (non-hydrogen) atoms. The van der Waals surface area contributed by atoms with Crippen LogP contribution in [0.25, 0.3) is 0 Å². The zero-order valence-electron chi connectivity index (χ0n) is 35.3. The maximum absolute atomic E-state index is 14.4. The molecule has 2 N–H and O–H groups in total. The Kier molecular flexibility index (Phi) is 15.4. The highest BCUT2D eigenvalue weighted by molar-refractivity contribution is 7.93. The third-order valence-corrected chi connectivity index (χ3v) is 13.1. The lowest BCUT2D eigenvalue weighted by molar-refractivity contribution is 0.0930. The lowest BCUT2D eigenvalue weighted by Gasteiger charge is -2.25. The smallest absolute Gasteiger partial charge is 0.283 e. The van der Waals surface area contributed by atoms with Gasteiger partial charge in [0.1, 0.15) is 22.4 Å². The first kappa shape index (κ1) is 48.2. The SMILES string of the molecule is CC(C)NC(=O)c1cc(N(Cc2ccc(Cl)cc2)S(=O)(=O)c2cnn(C)c2)ccc1F.Cc1nc(S(=O)(=O)N(Cc2ccc(Cl)cc2)c2ccc(F)c(C(=O)NC(C)C)c2)cn1C. The Morgan fingerprint density at radius 1 is 0.683 bits per heavy atom. The summed E-state index contributed by atoms with van der Waals surface area (Å²) in [6, 6.07) is 20.3. The number of carbonyl (C=O) groups is 2. The molecule has 0 bridgehead atoms. The minimum Gasteiger partial charge on any atom is -0.350 e. The van der Waals surface area contributed by atoms with Gasteiger partial charge in [0, 0.05) is 48.6 Å². The lowest BCUT2D eigenvalue weighted by Crippen LogP contribution is -2.33. The average molecular weight is 944 g/mol. The molecule has 2 amide bonds. The molecule has 0 spiro atoms. The van der Waals surface area contributed by atoms with E-state index in [1.807, 2.05) is 0 Å². The molecule has 20 heteroatoms. The Labute approximate surface area is 375 Å². The molecule has 0 unspecified atom stereocenters. The average Bonchev–Trinajstić information content (AvgIpc) is 3.82. The summed E-state index contributed by atoms with van der Waals surface area (Å²) in [6.07, 6.45) is 4.02. The third kappa shape index (κ3) is 12.0. The minimum absolute atomic E-state index is 0.0264. The second-order valence-corrected chi connectivity index (χ2v) is 19.5. The molecule has 0 saturated heterocycles. The van der Waals surface area contributed by atoms with Crippen LogP contribution in [0.15, 0.2) is 113 Å². The molecule has 0 aliphatic carbocycles. The van der Waals surface area contributed by atoms with Crippen LogP contribution < -0.4 is 19.2 Å². The number of halogens is 4. The standard InChI is InChI=1S/C22H24ClFN4O3S.C21H22ClFN4O3S/c1-14(2)25-22(29)19-11-18(9-10-20(19)24)28(12-16-5-7-17(23)8-6-16)32(30,31)21-13-27(4)15(3)26-21;1-14(2)25-21(28)19-10-17(8-9-20(19)23)27(12-15-4-6-16(22)7-5-15)31(29,30)18-11-24-26(3)13-18/h5-11,13-14H,12H2,1-4H3,(H,25,29);4-11,13-14H,12H2,1-3H3,(H,25,28). The van der Waals surface area contributed by atoms with E-state index in [1.54, 1.807) is 102 Å². The lowest BCUT2D eigenvalue weighted by atomic mass is 10.1. The second kappa shape index (κ2) is 20.1. The van der Waals surface area contributed by atoms with Crippen molar-refractivity contribution in [1.29, 1.82) is 0 Å². The van der Waals surface area contributed by atoms with E-state index in [0.29, 0.717) is 27.0 Å². The van der Waals surface area contributed by atoms with Crippen LogP contribution in [-0.4, -0.2) is 60.1 Å². The summed E-state index contributed by atoms with van der Waals surface area (Å²) in [5.74, 6) is -2.22. The third-order valence-electron chi connectivity index (χ3n) is 9.19. The number of hydrogen-bond donors (Lipinski definition) is 2. The van der Waals surface area contributed by atoms with E-state index < -0.39 is 43.5 Å². The molecule has 0 aliphatic rings. The molecule has 6 aromatic rings. The number of aryl methyl sites for hydroxylation is 3. The number of nitrogens with one attached hydrogen (secondary N) is 2. The predicted molar refractivity (Wildman–Crippen MR) is 239 cm³/mol. The van der Waals surface area contributed by atoms with E-state index in [0.717, 1.165) is 20.7 Å². The largest absolute Gasteiger partial charge is 0.350 e. The van der Waals surface area contributed by atoms with Crippen LogP contribution in [0.2, 0.25) is 10.0 Å². The molecule has 0 atom stereocenters. The number of amides is 2. The number of anilines is 2. The summed E-state index contributed by atoms with van der Waals surface area (Å²) in [7, 11) is -4.89. The van der Waals surface area contributed by atoms with Gasteiger partial charge in [0.05, 0.1) is 41.8 Å². The first-order valence-corrected chi connectivity index (χ1v) is 22.9. The fourth-order valence-electron chi connectivity index (χ4n) is 5.93. The van der Waals surface area contributed by atoms with Crippen molar-refractivity contribution in [3.8, 4) is 0 Å². The van der Waals surface area contributed by atoms with Crippen molar-refractivity contribution < 1.29 is 35.2 Å². The minimum atomic E-state index is -4.13. The molecule has 334 valence electrons. The monoisotopic (exact) mass is 942 g/mol. The Morgan fingerprint density at radius 3 is 1.48 bits per heavy atom. The van der Waals surface area contributed by atoms with Gasteiger partial charge in [0.15, 0.2) is 5.03 Å². The van der Waals surface area contributed by atoms with Crippen LogP contribution in [-0.2, 0) is 47.2 Å². The van der Waals surface area contributed by atoms with E-state index in [1.165, 1.54) is 47.5 Å². The van der Waals surface area contributed by atoms with Gasteiger partial charge in [-0.3, -0.25) is 22.9 Å². The first-order chi connectivity index (χ1) is 29.6. The molecule has 0 aliphatic heterocycles. The van der Waals surface area contributed by atoms with Gasteiger partial charge < -0.3 is 15.2 Å². The maximum Gasteiger partial charge on any atom is 0.283 e. The van der Waals surface area contributed by atoms with Crippen molar-refractivity contribution in [2.24, 2.45) is 14.1 Å². The molecule has 0 saturated carbocycles. The van der Waals surface area contributed by atoms with E-state index in [2.05, 4.69) is 20.7 Å². The van der Waals surface area contributed by atoms with Gasteiger partial charge in [-0.25, -0.2) is 22.2 Å². The summed E-state index contributed by atoms with van der Waals surface area (Å²) < 4.78 is 87.9. The number of hydrogen-bond acceptors (Lipinski definition) is 8. The Balaban J connectivity index is 0.000000238. The summed E-state index contributed by atoms with van der Waals surface area (Å²) in [5, 5.41) is 10.1. The van der Waals surface area contributed by atoms with Crippen molar-refractivity contribution in [1.82, 2.24) is 30.0 Å². The number of aromatic nitrogens is 4. The molecule has 14 nitrogen and oxygen atoms in total. The molecule has 6 rings (SSSR count). The van der Waals surface area contributed by atoms with E-state index in [4.69, 9.17) is 23.2 Å². The fourth-order valence-corrected chi connectivity index (χ4v) is 9.09. The normalized spacial score (nSPS) is 11.6. The van der Waals surface area contributed by atoms with Crippen molar-refractivity contribution in [3.63, 3.8) is 0 Å². The van der Waals surface area contributed by atoms with Gasteiger partial charge in [-0.15, -0.1) is 0 Å². The topological polar surface area (TPSA) is 169 Å². The fraction of sp³-hybridized carbons (Fsp3) is 0.256. The summed E-state index contributed by atoms with van der Waals surface area (Å²) in [4.78, 5) is 29.0. The van der Waals surface area contributed by atoms with Crippen LogP contribution in [0.5, 0.6) is 0 Å². The van der Waals surface area contributed by atoms with E-state index >= 15 is 0 Å². The van der Waals surface area contributed by atoms with Crippen molar-refractivity contribution in [2.45, 2.75) is 69.7 Å². The zero-order valence-corrected chi connectivity index (χ0v) is 38.5. The van der Waals surface area contributed by atoms with Crippen LogP contribution in [0, 0.1) is 18.6 Å². The highest BCUT2D eigenvalue weighted by Gasteiger charge is 2.31. The second-order valence-electron chi connectivity index (χ2n) is 14.9. The van der Waals surface area contributed by atoms with Crippen LogP contribution in [0.4, 0.5) is 20.2 Å². The molecule has 4 aromatic carbocycles. The van der Waals surface area contributed by atoms with Gasteiger partial charge in [0.25, 0.3) is 31.9 Å². The number of rotatable bonds is 14. The highest BCUT2D eigenvalue weighted by atomic mass is 35.5. The van der Waals surface area contributed by atoms with Gasteiger partial charge in [-0.05, 0) is 106 Å². The zero-order chi connectivity index (χ0) is 46.4. The van der Waals surface area contributed by atoms with Crippen LogP contribution >= 0.6 is 23.2 Å². The number of imidazole rings is 1. The first-order valence-electron chi connectivity index (χ1n) is 19.3. The van der Waals surface area contributed by atoms with Crippen molar-refractivity contribution in [3.05, 3.63) is 153 Å². The van der Waals surface area contributed by atoms with Crippen LogP contribution in [0.1, 0.15) is 65.4 Å². The molecule has 0 fully saturated rings. The highest BCUT2D eigenvalue weighted by Crippen LogP contribution is 2.30. The van der Waals surface area contributed by atoms with Gasteiger partial charge in [-0.2, -0.15) is 13.5 Å². The van der Waals surface area contributed by atoms with E-state index in [-0.39, 0.29) is 57.6 Å². The van der Waals surface area contributed by atoms with Gasteiger partial charge >= 0.3 is 0 Å². The molecular formula is C43H46Cl2F2N8O6S2. The quantitative estimate of drug-likeness (QED) is 0.112. The molecule has 0 radical (unpaired) electrons. The predicted octanol–water partition coefficient (Wildman–Crippen LogP) is 7.80. The van der Waals surface area contributed by atoms with Crippen LogP contribution in [0.3, 0.4) is 0 Å². The number of benzene rings is 4. The molecule has 2 heterocycles. The van der Waals surface area contributed by atoms with Gasteiger partial charge in [-0.1, -0.05) is 47.5 Å². The summed E-state index contributed by atoms with van der Waals surface area (Å²) in [6.45, 7) is 8.57. The number of carbonyl (C=O) groups excluding carboxylic acids is 2. The van der Waals surface area contributed by atoms with Crippen molar-refractivity contribution >= 4 is 66.4 Å². The Hall–Kier alpha value is -5.82. The molecule has 2 aromatic heterocycles. The van der Waals surface area contributed by atoms with Crippen molar-refractivity contribution in [2.75, 3.05) is 8.61 Å². The van der Waals surface area contributed by atoms with E-state index in [9.17, 15) is 35.2 Å².